The van der Waals surface area contributed by atoms with Crippen molar-refractivity contribution in [2.75, 3.05) is 10.2 Å². The van der Waals surface area contributed by atoms with Crippen LogP contribution in [-0.2, 0) is 9.59 Å². The average Bonchev–Trinajstić information content (AvgIpc) is 2.79. The van der Waals surface area contributed by atoms with E-state index in [-0.39, 0.29) is 18.2 Å². The first kappa shape index (κ1) is 16.8. The number of halogens is 2. The van der Waals surface area contributed by atoms with Crippen LogP contribution in [0.25, 0.3) is 0 Å². The zero-order chi connectivity index (χ0) is 17.4. The minimum atomic E-state index is -0.641. The van der Waals surface area contributed by atoms with E-state index in [1.54, 1.807) is 24.3 Å². The second-order valence-corrected chi connectivity index (χ2v) is 6.70. The number of hydrogen-bond donors (Lipinski definition) is 1. The van der Waals surface area contributed by atoms with Crippen LogP contribution in [0.4, 0.5) is 11.4 Å². The van der Waals surface area contributed by atoms with Crippen LogP contribution in [0, 0.1) is 13.8 Å². The van der Waals surface area contributed by atoms with Crippen LogP contribution >= 0.6 is 23.2 Å². The number of benzene rings is 2. The quantitative estimate of drug-likeness (QED) is 0.825. The van der Waals surface area contributed by atoms with E-state index >= 15 is 0 Å². The first-order valence-corrected chi connectivity index (χ1v) is 8.28. The van der Waals surface area contributed by atoms with Crippen molar-refractivity contribution in [2.45, 2.75) is 26.3 Å². The van der Waals surface area contributed by atoms with Gasteiger partial charge >= 0.3 is 0 Å². The Morgan fingerprint density at radius 3 is 2.46 bits per heavy atom. The van der Waals surface area contributed by atoms with Crippen LogP contribution in [0.15, 0.2) is 36.4 Å². The van der Waals surface area contributed by atoms with Crippen LogP contribution < -0.4 is 10.2 Å². The topological polar surface area (TPSA) is 49.4 Å². The maximum atomic E-state index is 12.7. The lowest BCUT2D eigenvalue weighted by Gasteiger charge is -2.17. The molecule has 1 N–H and O–H groups in total. The Balaban J connectivity index is 1.84. The lowest BCUT2D eigenvalue weighted by molar-refractivity contribution is -0.121. The molecule has 1 aliphatic rings. The fourth-order valence-electron chi connectivity index (χ4n) is 2.67. The number of hydrogen-bond acceptors (Lipinski definition) is 3. The van der Waals surface area contributed by atoms with Gasteiger partial charge in [-0.2, -0.15) is 0 Å². The number of rotatable bonds is 3. The van der Waals surface area contributed by atoms with Gasteiger partial charge in [-0.3, -0.25) is 9.59 Å². The second kappa shape index (κ2) is 6.46. The molecule has 0 saturated carbocycles. The van der Waals surface area contributed by atoms with Crippen molar-refractivity contribution in [1.82, 2.24) is 0 Å². The van der Waals surface area contributed by atoms with Gasteiger partial charge < -0.3 is 5.32 Å². The summed E-state index contributed by atoms with van der Waals surface area (Å²) in [5, 5.41) is 3.96. The smallest absolute Gasteiger partial charge is 0.256 e. The minimum absolute atomic E-state index is 0.0880. The zero-order valence-corrected chi connectivity index (χ0v) is 14.8. The number of carbonyl (C=O) groups excluding carboxylic acids is 2. The Bertz CT molecular complexity index is 836. The van der Waals surface area contributed by atoms with E-state index in [1.807, 2.05) is 26.0 Å². The van der Waals surface area contributed by atoms with Gasteiger partial charge in [-0.05, 0) is 55.3 Å². The first-order valence-electron chi connectivity index (χ1n) is 7.52. The molecule has 0 radical (unpaired) electrons. The fraction of sp³-hybridized carbons (Fsp3) is 0.222. The maximum absolute atomic E-state index is 12.7. The van der Waals surface area contributed by atoms with Crippen LogP contribution in [0.3, 0.4) is 0 Å². The molecule has 0 bridgehead atoms. The number of aryl methyl sites for hydroxylation is 2. The third-order valence-corrected chi connectivity index (χ3v) is 4.70. The number of carbonyl (C=O) groups is 2. The van der Waals surface area contributed by atoms with Crippen LogP contribution in [0.1, 0.15) is 17.5 Å². The normalized spacial score (nSPS) is 17.5. The largest absolute Gasteiger partial charge is 0.372 e. The number of nitrogens with zero attached hydrogens (tertiary/aromatic N) is 1. The predicted molar refractivity (Wildman–Crippen MR) is 96.9 cm³/mol. The lowest BCUT2D eigenvalue weighted by Crippen LogP contribution is -2.34. The summed E-state index contributed by atoms with van der Waals surface area (Å²) < 4.78 is 0. The van der Waals surface area contributed by atoms with E-state index in [2.05, 4.69) is 5.32 Å². The minimum Gasteiger partial charge on any atom is -0.372 e. The molecule has 6 heteroatoms. The van der Waals surface area contributed by atoms with E-state index in [1.165, 1.54) is 4.90 Å². The van der Waals surface area contributed by atoms with Gasteiger partial charge in [-0.1, -0.05) is 29.3 Å². The molecular weight excluding hydrogens is 347 g/mol. The molecule has 0 aliphatic carbocycles. The van der Waals surface area contributed by atoms with Gasteiger partial charge in [0.15, 0.2) is 0 Å². The molecule has 1 aliphatic heterocycles. The molecule has 1 fully saturated rings. The molecule has 3 rings (SSSR count). The summed E-state index contributed by atoms with van der Waals surface area (Å²) in [5.41, 5.74) is 3.32. The third kappa shape index (κ3) is 3.12. The summed E-state index contributed by atoms with van der Waals surface area (Å²) in [4.78, 5) is 26.2. The van der Waals surface area contributed by atoms with Gasteiger partial charge in [-0.25, -0.2) is 4.90 Å². The Labute approximate surface area is 150 Å². The Morgan fingerprint density at radius 1 is 1.04 bits per heavy atom. The van der Waals surface area contributed by atoms with Crippen molar-refractivity contribution in [3.05, 3.63) is 57.6 Å². The lowest BCUT2D eigenvalue weighted by atomic mass is 10.1. The zero-order valence-electron chi connectivity index (χ0n) is 13.3. The summed E-state index contributed by atoms with van der Waals surface area (Å²) in [6, 6.07) is 9.87. The van der Waals surface area contributed by atoms with Crippen molar-refractivity contribution in [3.63, 3.8) is 0 Å². The van der Waals surface area contributed by atoms with Crippen LogP contribution in [0.2, 0.25) is 10.0 Å². The van der Waals surface area contributed by atoms with Crippen LogP contribution in [0.5, 0.6) is 0 Å². The molecule has 24 heavy (non-hydrogen) atoms. The summed E-state index contributed by atoms with van der Waals surface area (Å²) in [7, 11) is 0. The van der Waals surface area contributed by atoms with Gasteiger partial charge in [0.2, 0.25) is 5.91 Å². The van der Waals surface area contributed by atoms with Gasteiger partial charge in [0.05, 0.1) is 22.8 Å². The highest BCUT2D eigenvalue weighted by molar-refractivity contribution is 6.36. The summed E-state index contributed by atoms with van der Waals surface area (Å²) in [6.07, 6.45) is 0.0880. The van der Waals surface area contributed by atoms with Crippen molar-refractivity contribution in [1.29, 1.82) is 0 Å². The Hall–Kier alpha value is -2.04. The second-order valence-electron chi connectivity index (χ2n) is 5.86. The van der Waals surface area contributed by atoms with E-state index in [0.29, 0.717) is 21.4 Å². The fourth-order valence-corrected chi connectivity index (χ4v) is 3.14. The molecular formula is C18H16Cl2N2O2. The highest BCUT2D eigenvalue weighted by Crippen LogP contribution is 2.30. The number of imide groups is 1. The van der Waals surface area contributed by atoms with Crippen LogP contribution in [-0.4, -0.2) is 17.9 Å². The average molecular weight is 363 g/mol. The maximum Gasteiger partial charge on any atom is 0.256 e. The molecule has 2 amide bonds. The van der Waals surface area contributed by atoms with E-state index < -0.39 is 6.04 Å². The predicted octanol–water partition coefficient (Wildman–Crippen LogP) is 4.35. The van der Waals surface area contributed by atoms with E-state index in [9.17, 15) is 9.59 Å². The third-order valence-electron chi connectivity index (χ3n) is 4.16. The highest BCUT2D eigenvalue weighted by Gasteiger charge is 2.39. The van der Waals surface area contributed by atoms with Gasteiger partial charge in [0.25, 0.3) is 5.91 Å². The standard InChI is InChI=1S/C18H16Cl2N2O2/c1-10-3-5-13(7-11(10)2)22-17(23)9-16(18(22)24)21-15-6-4-12(19)8-14(15)20/h3-8,16,21H,9H2,1-2H3. The molecule has 124 valence electrons. The molecule has 0 spiro atoms. The molecule has 4 nitrogen and oxygen atoms in total. The number of amides is 2. The molecule has 1 heterocycles. The van der Waals surface area contributed by atoms with E-state index in [4.69, 9.17) is 23.2 Å². The Kier molecular flexibility index (Phi) is 4.52. The number of anilines is 2. The molecule has 2 aromatic carbocycles. The molecule has 1 atom stereocenters. The van der Waals surface area contributed by atoms with Gasteiger partial charge in [0.1, 0.15) is 6.04 Å². The van der Waals surface area contributed by atoms with Crippen molar-refractivity contribution in [2.24, 2.45) is 0 Å². The molecule has 1 unspecified atom stereocenters. The summed E-state index contributed by atoms with van der Waals surface area (Å²) >= 11 is 12.0. The monoisotopic (exact) mass is 362 g/mol. The van der Waals surface area contributed by atoms with Crippen molar-refractivity contribution in [3.8, 4) is 0 Å². The molecule has 2 aromatic rings. The highest BCUT2D eigenvalue weighted by atomic mass is 35.5. The van der Waals surface area contributed by atoms with Gasteiger partial charge in [-0.15, -0.1) is 0 Å². The molecule has 1 saturated heterocycles. The van der Waals surface area contributed by atoms with Crippen molar-refractivity contribution < 1.29 is 9.59 Å². The van der Waals surface area contributed by atoms with E-state index in [0.717, 1.165) is 11.1 Å². The Morgan fingerprint density at radius 2 is 1.79 bits per heavy atom. The summed E-state index contributed by atoms with van der Waals surface area (Å²) in [6.45, 7) is 3.94. The molecule has 0 aromatic heterocycles. The van der Waals surface area contributed by atoms with Gasteiger partial charge in [0, 0.05) is 5.02 Å². The first-order chi connectivity index (χ1) is 11.4. The summed E-state index contributed by atoms with van der Waals surface area (Å²) in [5.74, 6) is -0.514. The number of nitrogens with one attached hydrogen (secondary N) is 1. The SMILES string of the molecule is Cc1ccc(N2C(=O)CC(Nc3ccc(Cl)cc3Cl)C2=O)cc1C. The van der Waals surface area contributed by atoms with Crippen molar-refractivity contribution >= 4 is 46.4 Å².